The molecule has 1 saturated carbocycles. The van der Waals surface area contributed by atoms with Crippen molar-refractivity contribution in [2.24, 2.45) is 17.3 Å². The van der Waals surface area contributed by atoms with Crippen LogP contribution in [-0.4, -0.2) is 35.3 Å². The summed E-state index contributed by atoms with van der Waals surface area (Å²) in [4.78, 5) is 19.1. The van der Waals surface area contributed by atoms with E-state index < -0.39 is 0 Å². The zero-order chi connectivity index (χ0) is 19.2. The number of carbonyl (C=O) groups is 1. The topological polar surface area (TPSA) is 33.2 Å². The maximum Gasteiger partial charge on any atom is 0.147 e. The summed E-state index contributed by atoms with van der Waals surface area (Å²) in [6, 6.07) is 6.95. The standard InChI is InChI=1S/C23H29FN2O/c1-23(2,3)11-19(27)14-26-12-16-8-15(9-17(16)13-26)20-6-7-25-22-5-4-18(24)10-21(20)22/h4-7,10,15-17H,8-9,11-14H2,1-3H3/t15?,16-,17+. The van der Waals surface area contributed by atoms with Crippen LogP contribution in [0.2, 0.25) is 0 Å². The number of hydrogen-bond donors (Lipinski definition) is 0. The van der Waals surface area contributed by atoms with Crippen LogP contribution in [-0.2, 0) is 4.79 Å². The highest BCUT2D eigenvalue weighted by Gasteiger charge is 2.42. The zero-order valence-corrected chi connectivity index (χ0v) is 16.5. The zero-order valence-electron chi connectivity index (χ0n) is 16.5. The van der Waals surface area contributed by atoms with Gasteiger partial charge in [-0.3, -0.25) is 14.7 Å². The average Bonchev–Trinajstić information content (AvgIpc) is 3.10. The second kappa shape index (κ2) is 6.97. The van der Waals surface area contributed by atoms with Gasteiger partial charge in [0.05, 0.1) is 12.1 Å². The molecule has 1 aromatic carbocycles. The molecule has 0 amide bonds. The van der Waals surface area contributed by atoms with E-state index in [9.17, 15) is 9.18 Å². The Morgan fingerprint density at radius 3 is 2.56 bits per heavy atom. The van der Waals surface area contributed by atoms with E-state index in [1.165, 1.54) is 11.6 Å². The fourth-order valence-electron chi connectivity index (χ4n) is 5.17. The lowest BCUT2D eigenvalue weighted by Crippen LogP contribution is -2.30. The number of Topliss-reactive ketones (excluding diaryl/α,β-unsaturated/α-hetero) is 1. The minimum Gasteiger partial charge on any atom is -0.298 e. The molecule has 1 saturated heterocycles. The highest BCUT2D eigenvalue weighted by Crippen LogP contribution is 2.47. The van der Waals surface area contributed by atoms with Gasteiger partial charge in [0.2, 0.25) is 0 Å². The SMILES string of the molecule is CC(C)(C)CC(=O)CN1C[C@H]2CC(c3ccnc4ccc(F)cc34)C[C@H]2C1. The second-order valence-electron chi connectivity index (χ2n) is 9.72. The van der Waals surface area contributed by atoms with E-state index in [-0.39, 0.29) is 11.2 Å². The molecular weight excluding hydrogens is 339 g/mol. The first-order valence-electron chi connectivity index (χ1n) is 10.1. The third kappa shape index (κ3) is 4.06. The fourth-order valence-corrected chi connectivity index (χ4v) is 5.17. The van der Waals surface area contributed by atoms with Gasteiger partial charge in [-0.25, -0.2) is 4.39 Å². The predicted molar refractivity (Wildman–Crippen MR) is 106 cm³/mol. The summed E-state index contributed by atoms with van der Waals surface area (Å²) in [6.07, 6.45) is 4.76. The summed E-state index contributed by atoms with van der Waals surface area (Å²) in [7, 11) is 0. The maximum absolute atomic E-state index is 13.8. The van der Waals surface area contributed by atoms with Crippen LogP contribution in [0.25, 0.3) is 10.9 Å². The van der Waals surface area contributed by atoms with Gasteiger partial charge in [-0.1, -0.05) is 20.8 Å². The molecule has 0 N–H and O–H groups in total. The molecule has 144 valence electrons. The van der Waals surface area contributed by atoms with Crippen LogP contribution < -0.4 is 0 Å². The Balaban J connectivity index is 1.42. The molecular formula is C23H29FN2O. The van der Waals surface area contributed by atoms with Crippen molar-refractivity contribution in [3.8, 4) is 0 Å². The summed E-state index contributed by atoms with van der Waals surface area (Å²) in [6.45, 7) is 9.00. The van der Waals surface area contributed by atoms with Gasteiger partial charge in [0.15, 0.2) is 0 Å². The summed E-state index contributed by atoms with van der Waals surface area (Å²) >= 11 is 0. The van der Waals surface area contributed by atoms with Crippen LogP contribution in [0, 0.1) is 23.1 Å². The van der Waals surface area contributed by atoms with Crippen LogP contribution >= 0.6 is 0 Å². The summed E-state index contributed by atoms with van der Waals surface area (Å²) in [5, 5.41) is 0.958. The van der Waals surface area contributed by atoms with E-state index in [4.69, 9.17) is 0 Å². The quantitative estimate of drug-likeness (QED) is 0.777. The number of fused-ring (bicyclic) bond motifs is 2. The lowest BCUT2D eigenvalue weighted by molar-refractivity contribution is -0.121. The summed E-state index contributed by atoms with van der Waals surface area (Å²) in [5.74, 6) is 1.93. The molecule has 27 heavy (non-hydrogen) atoms. The van der Waals surface area contributed by atoms with Gasteiger partial charge in [0.1, 0.15) is 11.6 Å². The molecule has 0 radical (unpaired) electrons. The first-order chi connectivity index (χ1) is 12.8. The summed E-state index contributed by atoms with van der Waals surface area (Å²) in [5.41, 5.74) is 2.18. The van der Waals surface area contributed by atoms with Gasteiger partial charge in [-0.15, -0.1) is 0 Å². The molecule has 1 aliphatic carbocycles. The van der Waals surface area contributed by atoms with Gasteiger partial charge in [0.25, 0.3) is 0 Å². The van der Waals surface area contributed by atoms with E-state index >= 15 is 0 Å². The van der Waals surface area contributed by atoms with Gasteiger partial charge in [-0.05, 0) is 65.8 Å². The highest BCUT2D eigenvalue weighted by atomic mass is 19.1. The molecule has 2 aromatic rings. The molecule has 2 fully saturated rings. The van der Waals surface area contributed by atoms with Crippen molar-refractivity contribution in [3.05, 3.63) is 41.8 Å². The second-order valence-corrected chi connectivity index (χ2v) is 9.72. The fraction of sp³-hybridized carbons (Fsp3) is 0.565. The van der Waals surface area contributed by atoms with Crippen molar-refractivity contribution >= 4 is 16.7 Å². The van der Waals surface area contributed by atoms with Crippen LogP contribution in [0.5, 0.6) is 0 Å². The predicted octanol–water partition coefficient (Wildman–Crippen LogP) is 4.80. The third-order valence-corrected chi connectivity index (χ3v) is 6.13. The number of aromatic nitrogens is 1. The number of ketones is 1. The lowest BCUT2D eigenvalue weighted by atomic mass is 9.90. The Kier molecular flexibility index (Phi) is 4.79. The van der Waals surface area contributed by atoms with E-state index in [2.05, 4.69) is 36.7 Å². The number of nitrogens with zero attached hydrogens (tertiary/aromatic N) is 2. The number of hydrogen-bond acceptors (Lipinski definition) is 3. The lowest BCUT2D eigenvalue weighted by Gasteiger charge is -2.22. The van der Waals surface area contributed by atoms with Crippen molar-refractivity contribution in [1.29, 1.82) is 0 Å². The molecule has 1 aromatic heterocycles. The minimum atomic E-state index is -0.196. The number of rotatable bonds is 4. The number of pyridine rings is 1. The Morgan fingerprint density at radius 2 is 1.89 bits per heavy atom. The number of carbonyl (C=O) groups excluding carboxylic acids is 1. The normalized spacial score (nSPS) is 25.9. The van der Waals surface area contributed by atoms with Crippen molar-refractivity contribution in [1.82, 2.24) is 9.88 Å². The van der Waals surface area contributed by atoms with Crippen LogP contribution in [0.3, 0.4) is 0 Å². The Bertz CT molecular complexity index is 843. The first kappa shape index (κ1) is 18.5. The van der Waals surface area contributed by atoms with E-state index in [0.717, 1.165) is 36.8 Å². The van der Waals surface area contributed by atoms with Crippen molar-refractivity contribution in [2.45, 2.75) is 46.0 Å². The average molecular weight is 368 g/mol. The number of benzene rings is 1. The molecule has 2 aliphatic rings. The molecule has 0 spiro atoms. The molecule has 3 atom stereocenters. The van der Waals surface area contributed by atoms with E-state index in [1.807, 2.05) is 6.20 Å². The van der Waals surface area contributed by atoms with Gasteiger partial charge in [0, 0.05) is 31.1 Å². The maximum atomic E-state index is 13.8. The molecule has 0 bridgehead atoms. The van der Waals surface area contributed by atoms with Gasteiger partial charge in [-0.2, -0.15) is 0 Å². The van der Waals surface area contributed by atoms with E-state index in [0.29, 0.717) is 36.5 Å². The Morgan fingerprint density at radius 1 is 1.19 bits per heavy atom. The van der Waals surface area contributed by atoms with Crippen molar-refractivity contribution in [2.75, 3.05) is 19.6 Å². The summed E-state index contributed by atoms with van der Waals surface area (Å²) < 4.78 is 13.8. The van der Waals surface area contributed by atoms with E-state index in [1.54, 1.807) is 12.1 Å². The Hall–Kier alpha value is -1.81. The highest BCUT2D eigenvalue weighted by molar-refractivity contribution is 5.82. The molecule has 1 unspecified atom stereocenters. The first-order valence-corrected chi connectivity index (χ1v) is 10.1. The number of likely N-dealkylation sites (tertiary alicyclic amines) is 1. The van der Waals surface area contributed by atoms with Crippen molar-refractivity contribution in [3.63, 3.8) is 0 Å². The van der Waals surface area contributed by atoms with Crippen LogP contribution in [0.15, 0.2) is 30.5 Å². The Labute approximate surface area is 161 Å². The largest absolute Gasteiger partial charge is 0.298 e. The van der Waals surface area contributed by atoms with Crippen molar-refractivity contribution < 1.29 is 9.18 Å². The molecule has 1 aliphatic heterocycles. The molecule has 3 nitrogen and oxygen atoms in total. The monoisotopic (exact) mass is 368 g/mol. The van der Waals surface area contributed by atoms with Gasteiger partial charge >= 0.3 is 0 Å². The minimum absolute atomic E-state index is 0.0649. The molecule has 2 heterocycles. The smallest absolute Gasteiger partial charge is 0.147 e. The van der Waals surface area contributed by atoms with Gasteiger partial charge < -0.3 is 0 Å². The van der Waals surface area contributed by atoms with Crippen LogP contribution in [0.1, 0.15) is 51.5 Å². The molecule has 4 rings (SSSR count). The van der Waals surface area contributed by atoms with Crippen LogP contribution in [0.4, 0.5) is 4.39 Å². The number of halogens is 1. The molecule has 4 heteroatoms. The third-order valence-electron chi connectivity index (χ3n) is 6.13.